The van der Waals surface area contributed by atoms with Crippen LogP contribution in [0, 0.1) is 11.3 Å². The van der Waals surface area contributed by atoms with E-state index >= 15 is 0 Å². The molecule has 0 radical (unpaired) electrons. The first-order valence-electron chi connectivity index (χ1n) is 6.52. The predicted octanol–water partition coefficient (Wildman–Crippen LogP) is 3.09. The van der Waals surface area contributed by atoms with E-state index in [-0.39, 0.29) is 0 Å². The lowest BCUT2D eigenvalue weighted by atomic mass is 10.0. The SMILES string of the molecule is N#Cc1ccc(NCCc2ncc[nH]2)c2ccccc12. The lowest BCUT2D eigenvalue weighted by Gasteiger charge is -2.10. The largest absolute Gasteiger partial charge is 0.384 e. The Morgan fingerprint density at radius 3 is 2.75 bits per heavy atom. The van der Waals surface area contributed by atoms with E-state index in [1.807, 2.05) is 42.6 Å². The first kappa shape index (κ1) is 12.2. The van der Waals surface area contributed by atoms with Gasteiger partial charge in [0.1, 0.15) is 5.82 Å². The maximum absolute atomic E-state index is 9.14. The number of nitriles is 1. The first-order valence-corrected chi connectivity index (χ1v) is 6.52. The van der Waals surface area contributed by atoms with E-state index in [1.54, 1.807) is 6.20 Å². The summed E-state index contributed by atoms with van der Waals surface area (Å²) in [4.78, 5) is 7.28. The molecule has 0 atom stereocenters. The molecule has 0 aliphatic carbocycles. The molecule has 2 N–H and O–H groups in total. The summed E-state index contributed by atoms with van der Waals surface area (Å²) in [6, 6.07) is 14.0. The van der Waals surface area contributed by atoms with Gasteiger partial charge in [-0.3, -0.25) is 0 Å². The number of hydrogen-bond donors (Lipinski definition) is 2. The third-order valence-corrected chi connectivity index (χ3v) is 3.28. The zero-order chi connectivity index (χ0) is 13.8. The zero-order valence-electron chi connectivity index (χ0n) is 10.9. The minimum Gasteiger partial charge on any atom is -0.384 e. The Kier molecular flexibility index (Phi) is 3.34. The smallest absolute Gasteiger partial charge is 0.107 e. The monoisotopic (exact) mass is 262 g/mol. The molecule has 4 nitrogen and oxygen atoms in total. The van der Waals surface area contributed by atoms with Crippen LogP contribution < -0.4 is 5.32 Å². The number of aromatic amines is 1. The van der Waals surface area contributed by atoms with Gasteiger partial charge in [0.2, 0.25) is 0 Å². The summed E-state index contributed by atoms with van der Waals surface area (Å²) in [5.74, 6) is 0.968. The van der Waals surface area contributed by atoms with Crippen LogP contribution in [0.2, 0.25) is 0 Å². The zero-order valence-corrected chi connectivity index (χ0v) is 10.9. The molecule has 1 aromatic heterocycles. The average molecular weight is 262 g/mol. The topological polar surface area (TPSA) is 64.5 Å². The molecule has 0 saturated heterocycles. The van der Waals surface area contributed by atoms with Crippen molar-refractivity contribution < 1.29 is 0 Å². The number of aromatic nitrogens is 2. The van der Waals surface area contributed by atoms with Gasteiger partial charge >= 0.3 is 0 Å². The van der Waals surface area contributed by atoms with Crippen molar-refractivity contribution in [2.45, 2.75) is 6.42 Å². The molecule has 98 valence electrons. The first-order chi connectivity index (χ1) is 9.88. The van der Waals surface area contributed by atoms with Gasteiger partial charge in [0.25, 0.3) is 0 Å². The minimum absolute atomic E-state index is 0.706. The van der Waals surface area contributed by atoms with Gasteiger partial charge in [-0.25, -0.2) is 4.98 Å². The summed E-state index contributed by atoms with van der Waals surface area (Å²) in [5, 5.41) is 14.6. The lowest BCUT2D eigenvalue weighted by molar-refractivity contribution is 0.928. The van der Waals surface area contributed by atoms with Gasteiger partial charge in [-0.15, -0.1) is 0 Å². The highest BCUT2D eigenvalue weighted by Gasteiger charge is 2.05. The number of benzene rings is 2. The summed E-state index contributed by atoms with van der Waals surface area (Å²) >= 11 is 0. The van der Waals surface area contributed by atoms with Gasteiger partial charge in [-0.1, -0.05) is 24.3 Å². The molecule has 2 aromatic carbocycles. The molecule has 1 heterocycles. The molecule has 3 aromatic rings. The molecule has 0 unspecified atom stereocenters. The van der Waals surface area contributed by atoms with Crippen molar-refractivity contribution in [1.29, 1.82) is 5.26 Å². The number of anilines is 1. The van der Waals surface area contributed by atoms with Crippen LogP contribution in [-0.4, -0.2) is 16.5 Å². The Bertz CT molecular complexity index is 754. The van der Waals surface area contributed by atoms with Crippen molar-refractivity contribution in [2.24, 2.45) is 0 Å². The van der Waals surface area contributed by atoms with Gasteiger partial charge < -0.3 is 10.3 Å². The molecule has 0 bridgehead atoms. The van der Waals surface area contributed by atoms with Crippen LogP contribution in [0.1, 0.15) is 11.4 Å². The summed E-state index contributed by atoms with van der Waals surface area (Å²) in [6.07, 6.45) is 4.42. The number of H-pyrrole nitrogens is 1. The molecule has 0 amide bonds. The van der Waals surface area contributed by atoms with E-state index in [9.17, 15) is 0 Å². The molecule has 3 rings (SSSR count). The number of nitrogens with one attached hydrogen (secondary N) is 2. The fourth-order valence-electron chi connectivity index (χ4n) is 2.30. The Hall–Kier alpha value is -2.80. The quantitative estimate of drug-likeness (QED) is 0.759. The van der Waals surface area contributed by atoms with E-state index in [0.717, 1.165) is 35.2 Å². The molecular formula is C16H14N4. The number of imidazole rings is 1. The van der Waals surface area contributed by atoms with E-state index in [0.29, 0.717) is 5.56 Å². The summed E-state index contributed by atoms with van der Waals surface area (Å²) in [5.41, 5.74) is 1.75. The average Bonchev–Trinajstić information content (AvgIpc) is 3.01. The number of fused-ring (bicyclic) bond motifs is 1. The fourth-order valence-corrected chi connectivity index (χ4v) is 2.30. The Balaban J connectivity index is 1.83. The van der Waals surface area contributed by atoms with Crippen molar-refractivity contribution in [3.8, 4) is 6.07 Å². The molecule has 20 heavy (non-hydrogen) atoms. The maximum atomic E-state index is 9.14. The summed E-state index contributed by atoms with van der Waals surface area (Å²) < 4.78 is 0. The van der Waals surface area contributed by atoms with E-state index < -0.39 is 0 Å². The molecule has 0 aliphatic rings. The van der Waals surface area contributed by atoms with Crippen molar-refractivity contribution in [1.82, 2.24) is 9.97 Å². The molecule has 4 heteroatoms. The Morgan fingerprint density at radius 1 is 1.15 bits per heavy atom. The number of nitrogens with zero attached hydrogens (tertiary/aromatic N) is 2. The molecular weight excluding hydrogens is 248 g/mol. The Labute approximate surface area is 117 Å². The second-order valence-corrected chi connectivity index (χ2v) is 4.53. The fraction of sp³-hybridized carbons (Fsp3) is 0.125. The molecule has 0 fully saturated rings. The van der Waals surface area contributed by atoms with Crippen LogP contribution in [0.5, 0.6) is 0 Å². The van der Waals surface area contributed by atoms with Gasteiger partial charge in [-0.2, -0.15) is 5.26 Å². The van der Waals surface area contributed by atoms with Crippen molar-refractivity contribution in [3.05, 3.63) is 60.2 Å². The van der Waals surface area contributed by atoms with Crippen molar-refractivity contribution in [2.75, 3.05) is 11.9 Å². The maximum Gasteiger partial charge on any atom is 0.107 e. The highest BCUT2D eigenvalue weighted by molar-refractivity contribution is 5.97. The third-order valence-electron chi connectivity index (χ3n) is 3.28. The van der Waals surface area contributed by atoms with Crippen molar-refractivity contribution >= 4 is 16.5 Å². The second-order valence-electron chi connectivity index (χ2n) is 4.53. The molecule has 0 saturated carbocycles. The minimum atomic E-state index is 0.706. The second kappa shape index (κ2) is 5.45. The van der Waals surface area contributed by atoms with Crippen molar-refractivity contribution in [3.63, 3.8) is 0 Å². The summed E-state index contributed by atoms with van der Waals surface area (Å²) in [6.45, 7) is 0.795. The van der Waals surface area contributed by atoms with Gasteiger partial charge in [0.05, 0.1) is 11.6 Å². The van der Waals surface area contributed by atoms with Gasteiger partial charge in [-0.05, 0) is 12.1 Å². The number of hydrogen-bond acceptors (Lipinski definition) is 3. The van der Waals surface area contributed by atoms with Crippen LogP contribution in [-0.2, 0) is 6.42 Å². The lowest BCUT2D eigenvalue weighted by Crippen LogP contribution is -2.06. The normalized spacial score (nSPS) is 10.3. The highest BCUT2D eigenvalue weighted by Crippen LogP contribution is 2.26. The standard InChI is InChI=1S/C16H14N4/c17-11-12-5-6-15(14-4-2-1-3-13(12)14)18-8-7-16-19-9-10-20-16/h1-6,9-10,18H,7-8H2,(H,19,20). The molecule has 0 spiro atoms. The highest BCUT2D eigenvalue weighted by atomic mass is 14.9. The van der Waals surface area contributed by atoms with Crippen LogP contribution in [0.4, 0.5) is 5.69 Å². The van der Waals surface area contributed by atoms with E-state index in [2.05, 4.69) is 21.4 Å². The van der Waals surface area contributed by atoms with Gasteiger partial charge in [0.15, 0.2) is 0 Å². The number of rotatable bonds is 4. The van der Waals surface area contributed by atoms with Crippen LogP contribution in [0.3, 0.4) is 0 Å². The third kappa shape index (κ3) is 2.34. The summed E-state index contributed by atoms with van der Waals surface area (Å²) in [7, 11) is 0. The Morgan fingerprint density at radius 2 is 2.00 bits per heavy atom. The van der Waals surface area contributed by atoms with Crippen LogP contribution >= 0.6 is 0 Å². The van der Waals surface area contributed by atoms with Gasteiger partial charge in [0, 0.05) is 41.8 Å². The predicted molar refractivity (Wildman–Crippen MR) is 79.4 cm³/mol. The van der Waals surface area contributed by atoms with E-state index in [1.165, 1.54) is 0 Å². The molecule has 0 aliphatic heterocycles. The van der Waals surface area contributed by atoms with E-state index in [4.69, 9.17) is 5.26 Å². The van der Waals surface area contributed by atoms with Crippen LogP contribution in [0.25, 0.3) is 10.8 Å². The van der Waals surface area contributed by atoms with Crippen LogP contribution in [0.15, 0.2) is 48.8 Å².